The Bertz CT molecular complexity index is 1340. The van der Waals surface area contributed by atoms with Gasteiger partial charge in [-0.2, -0.15) is 4.68 Å². The molecule has 0 fully saturated rings. The first-order valence-corrected chi connectivity index (χ1v) is 10.2. The Hall–Kier alpha value is -2.81. The molecule has 0 saturated heterocycles. The number of fused-ring (bicyclic) bond motifs is 1. The number of nitrogens with two attached hydrogens (primary N) is 1. The SMILES string of the molecule is Cc1cc(Cl)nc2c1CC(C)(Oc1c(Cl)cc(-n3nc(N)c(=O)[nH]c3=O)cc1Cl)C=C2. The van der Waals surface area contributed by atoms with Gasteiger partial charge >= 0.3 is 5.69 Å². The number of benzene rings is 1. The highest BCUT2D eigenvalue weighted by Crippen LogP contribution is 2.40. The molecule has 0 amide bonds. The molecule has 1 aromatic carbocycles. The van der Waals surface area contributed by atoms with E-state index in [1.54, 1.807) is 6.07 Å². The van der Waals surface area contributed by atoms with Crippen molar-refractivity contribution in [2.45, 2.75) is 25.9 Å². The van der Waals surface area contributed by atoms with Gasteiger partial charge in [-0.05, 0) is 55.3 Å². The molecule has 4 rings (SSSR count). The number of aromatic nitrogens is 4. The minimum atomic E-state index is -0.777. The van der Waals surface area contributed by atoms with E-state index in [9.17, 15) is 9.59 Å². The summed E-state index contributed by atoms with van der Waals surface area (Å²) in [4.78, 5) is 30.0. The first-order chi connectivity index (χ1) is 14.6. The lowest BCUT2D eigenvalue weighted by molar-refractivity contribution is 0.140. The van der Waals surface area contributed by atoms with E-state index in [0.29, 0.717) is 11.6 Å². The Balaban J connectivity index is 1.70. The highest BCUT2D eigenvalue weighted by Gasteiger charge is 2.31. The summed E-state index contributed by atoms with van der Waals surface area (Å²) in [6.07, 6.45) is 4.24. The zero-order valence-electron chi connectivity index (χ0n) is 16.4. The molecule has 8 nitrogen and oxygen atoms in total. The number of anilines is 1. The summed E-state index contributed by atoms with van der Waals surface area (Å²) < 4.78 is 7.11. The van der Waals surface area contributed by atoms with Crippen LogP contribution in [0.25, 0.3) is 11.8 Å². The highest BCUT2D eigenvalue weighted by atomic mass is 35.5. The van der Waals surface area contributed by atoms with E-state index >= 15 is 0 Å². The van der Waals surface area contributed by atoms with Gasteiger partial charge < -0.3 is 10.5 Å². The number of nitrogens with zero attached hydrogens (tertiary/aromatic N) is 3. The second kappa shape index (κ2) is 7.71. The number of hydrogen-bond donors (Lipinski definition) is 2. The van der Waals surface area contributed by atoms with Crippen molar-refractivity contribution in [3.05, 3.63) is 77.1 Å². The van der Waals surface area contributed by atoms with Crippen LogP contribution in [-0.2, 0) is 6.42 Å². The van der Waals surface area contributed by atoms with Crippen molar-refractivity contribution in [1.29, 1.82) is 0 Å². The van der Waals surface area contributed by atoms with Crippen molar-refractivity contribution in [2.24, 2.45) is 0 Å². The molecule has 31 heavy (non-hydrogen) atoms. The molecule has 0 saturated carbocycles. The molecule has 2 heterocycles. The summed E-state index contributed by atoms with van der Waals surface area (Å²) in [6, 6.07) is 4.70. The van der Waals surface area contributed by atoms with Gasteiger partial charge in [0, 0.05) is 6.42 Å². The maximum Gasteiger partial charge on any atom is 0.349 e. The number of ether oxygens (including phenoxy) is 1. The highest BCUT2D eigenvalue weighted by molar-refractivity contribution is 6.37. The van der Waals surface area contributed by atoms with Crippen LogP contribution in [0.5, 0.6) is 5.75 Å². The van der Waals surface area contributed by atoms with Gasteiger partial charge in [-0.1, -0.05) is 34.8 Å². The van der Waals surface area contributed by atoms with Gasteiger partial charge in [-0.3, -0.25) is 9.78 Å². The summed E-state index contributed by atoms with van der Waals surface area (Å²) in [6.45, 7) is 3.86. The third-order valence-corrected chi connectivity index (χ3v) is 5.64. The third-order valence-electron chi connectivity index (χ3n) is 4.89. The molecule has 0 radical (unpaired) electrons. The zero-order valence-corrected chi connectivity index (χ0v) is 18.6. The number of H-pyrrole nitrogens is 1. The Morgan fingerprint density at radius 2 is 1.87 bits per heavy atom. The Morgan fingerprint density at radius 3 is 2.55 bits per heavy atom. The van der Waals surface area contributed by atoms with Crippen LogP contribution in [0, 0.1) is 6.92 Å². The number of hydrogen-bond acceptors (Lipinski definition) is 6. The Kier molecular flexibility index (Phi) is 5.33. The first kappa shape index (κ1) is 21.4. The van der Waals surface area contributed by atoms with Gasteiger partial charge in [0.2, 0.25) is 5.82 Å². The van der Waals surface area contributed by atoms with E-state index < -0.39 is 16.9 Å². The lowest BCUT2D eigenvalue weighted by atomic mass is 9.87. The standard InChI is InChI=1S/C20H16Cl3N5O3/c1-9-5-15(23)25-14-3-4-20(2,8-11(9)14)31-16-12(21)6-10(7-13(16)22)28-19(30)26-18(29)17(24)27-28/h3-7H,8H2,1-2H3,(H2,24,27)(H,26,29,30). The quantitative estimate of drug-likeness (QED) is 0.554. The molecule has 0 spiro atoms. The maximum atomic E-state index is 12.1. The van der Waals surface area contributed by atoms with Crippen molar-refractivity contribution >= 4 is 46.7 Å². The second-order valence-corrected chi connectivity index (χ2v) is 8.55. The van der Waals surface area contributed by atoms with E-state index in [2.05, 4.69) is 15.1 Å². The number of nitrogen functional groups attached to an aromatic ring is 1. The average molecular weight is 481 g/mol. The molecule has 1 unspecified atom stereocenters. The summed E-state index contributed by atoms with van der Waals surface area (Å²) in [5.74, 6) is -0.123. The molecule has 2 aromatic heterocycles. The molecule has 1 aliphatic carbocycles. The summed E-state index contributed by atoms with van der Waals surface area (Å²) >= 11 is 18.9. The third kappa shape index (κ3) is 4.06. The van der Waals surface area contributed by atoms with E-state index in [1.807, 2.05) is 26.0 Å². The molecule has 11 heteroatoms. The van der Waals surface area contributed by atoms with Crippen LogP contribution in [0.3, 0.4) is 0 Å². The zero-order chi connectivity index (χ0) is 22.5. The molecule has 1 aliphatic rings. The van der Waals surface area contributed by atoms with Crippen molar-refractivity contribution in [2.75, 3.05) is 5.73 Å². The normalized spacial score (nSPS) is 17.5. The van der Waals surface area contributed by atoms with Gasteiger partial charge in [0.15, 0.2) is 5.75 Å². The van der Waals surface area contributed by atoms with E-state index in [4.69, 9.17) is 45.3 Å². The molecule has 0 aliphatic heterocycles. The summed E-state index contributed by atoms with van der Waals surface area (Å²) in [5.41, 5.74) is 6.23. The van der Waals surface area contributed by atoms with Crippen LogP contribution < -0.4 is 21.7 Å². The lowest BCUT2D eigenvalue weighted by Gasteiger charge is -2.32. The van der Waals surface area contributed by atoms with Crippen LogP contribution in [0.15, 0.2) is 33.9 Å². The second-order valence-electron chi connectivity index (χ2n) is 7.35. The summed E-state index contributed by atoms with van der Waals surface area (Å²) in [5, 5.41) is 4.53. The molecular formula is C20H16Cl3N5O3. The number of pyridine rings is 1. The number of nitrogens with one attached hydrogen (secondary N) is 1. The molecule has 3 N–H and O–H groups in total. The maximum absolute atomic E-state index is 12.1. The summed E-state index contributed by atoms with van der Waals surface area (Å²) in [7, 11) is 0. The molecule has 160 valence electrons. The molecular weight excluding hydrogens is 465 g/mol. The number of aryl methyl sites for hydroxylation is 1. The minimum absolute atomic E-state index is 0.160. The van der Waals surface area contributed by atoms with Gasteiger partial charge in [-0.25, -0.2) is 9.78 Å². The Labute approximate surface area is 191 Å². The minimum Gasteiger partial charge on any atom is -0.480 e. The predicted octanol–water partition coefficient (Wildman–Crippen LogP) is 3.57. The van der Waals surface area contributed by atoms with Crippen LogP contribution in [0.2, 0.25) is 15.2 Å². The lowest BCUT2D eigenvalue weighted by Crippen LogP contribution is -2.35. The molecule has 3 aromatic rings. The monoisotopic (exact) mass is 479 g/mol. The number of rotatable bonds is 3. The number of aromatic amines is 1. The largest absolute Gasteiger partial charge is 0.480 e. The van der Waals surface area contributed by atoms with Gasteiger partial charge in [0.25, 0.3) is 5.56 Å². The molecule has 1 atom stereocenters. The number of halogens is 3. The van der Waals surface area contributed by atoms with Crippen LogP contribution in [0.4, 0.5) is 5.82 Å². The average Bonchev–Trinajstić information content (AvgIpc) is 2.68. The van der Waals surface area contributed by atoms with Crippen molar-refractivity contribution < 1.29 is 4.74 Å². The van der Waals surface area contributed by atoms with E-state index in [1.165, 1.54) is 12.1 Å². The van der Waals surface area contributed by atoms with Crippen molar-refractivity contribution in [3.63, 3.8) is 0 Å². The van der Waals surface area contributed by atoms with Crippen LogP contribution in [0.1, 0.15) is 23.7 Å². The van der Waals surface area contributed by atoms with Crippen molar-refractivity contribution in [3.8, 4) is 11.4 Å². The van der Waals surface area contributed by atoms with Crippen molar-refractivity contribution in [1.82, 2.24) is 19.7 Å². The fourth-order valence-corrected chi connectivity index (χ4v) is 4.18. The van der Waals surface area contributed by atoms with E-state index in [-0.39, 0.29) is 27.3 Å². The Morgan fingerprint density at radius 1 is 1.19 bits per heavy atom. The first-order valence-electron chi connectivity index (χ1n) is 9.09. The fraction of sp³-hybridized carbons (Fsp3) is 0.200. The van der Waals surface area contributed by atoms with Crippen LogP contribution in [-0.4, -0.2) is 25.3 Å². The smallest absolute Gasteiger partial charge is 0.349 e. The van der Waals surface area contributed by atoms with Crippen LogP contribution >= 0.6 is 34.8 Å². The molecule has 0 bridgehead atoms. The van der Waals surface area contributed by atoms with Gasteiger partial charge in [0.05, 0.1) is 21.4 Å². The predicted molar refractivity (Wildman–Crippen MR) is 121 cm³/mol. The van der Waals surface area contributed by atoms with E-state index in [0.717, 1.165) is 21.5 Å². The van der Waals surface area contributed by atoms with Gasteiger partial charge in [-0.15, -0.1) is 5.10 Å². The topological polar surface area (TPSA) is 116 Å². The fourth-order valence-electron chi connectivity index (χ4n) is 3.37. The van der Waals surface area contributed by atoms with Gasteiger partial charge in [0.1, 0.15) is 10.8 Å².